The van der Waals surface area contributed by atoms with Gasteiger partial charge in [0.2, 0.25) is 6.29 Å². The highest BCUT2D eigenvalue weighted by Crippen LogP contribution is 2.08. The van der Waals surface area contributed by atoms with E-state index < -0.39 is 12.4 Å². The molecular weight excluding hydrogens is 194 g/mol. The van der Waals surface area contributed by atoms with E-state index in [1.807, 2.05) is 20.8 Å². The smallest absolute Gasteiger partial charge is 0.407 e. The molecule has 0 saturated carbocycles. The van der Waals surface area contributed by atoms with Gasteiger partial charge in [0.25, 0.3) is 0 Å². The fraction of sp³-hybridized carbons (Fsp3) is 0.545. The molecule has 0 heterocycles. The number of amides is 1. The van der Waals surface area contributed by atoms with E-state index in [4.69, 9.17) is 5.73 Å². The number of nitrogens with two attached hydrogens (primary N) is 1. The molecule has 0 aromatic heterocycles. The molecule has 0 rings (SSSR count). The number of rotatable bonds is 5. The van der Waals surface area contributed by atoms with E-state index in [2.05, 4.69) is 10.8 Å². The van der Waals surface area contributed by atoms with Crippen LogP contribution >= 0.6 is 0 Å². The number of hydrogen-bond donors (Lipinski definition) is 2. The zero-order chi connectivity index (χ0) is 11.8. The molecule has 3 N–H and O–H groups in total. The Labute approximate surface area is 90.4 Å². The molecular formula is C11H19NO3. The summed E-state index contributed by atoms with van der Waals surface area (Å²) >= 11 is 0. The van der Waals surface area contributed by atoms with Crippen LogP contribution < -0.4 is 5.73 Å². The van der Waals surface area contributed by atoms with Crippen LogP contribution in [0, 0.1) is 0 Å². The summed E-state index contributed by atoms with van der Waals surface area (Å²) in [6, 6.07) is 0. The molecule has 0 aliphatic carbocycles. The molecule has 0 saturated heterocycles. The van der Waals surface area contributed by atoms with Crippen molar-refractivity contribution in [3.63, 3.8) is 0 Å². The predicted octanol–water partition coefficient (Wildman–Crippen LogP) is 2.09. The van der Waals surface area contributed by atoms with Crippen LogP contribution in [-0.4, -0.2) is 17.5 Å². The molecule has 0 bridgehead atoms. The fourth-order valence-corrected chi connectivity index (χ4v) is 1.07. The van der Waals surface area contributed by atoms with E-state index in [0.29, 0.717) is 0 Å². The Morgan fingerprint density at radius 3 is 2.53 bits per heavy atom. The van der Waals surface area contributed by atoms with Crippen molar-refractivity contribution in [2.75, 3.05) is 0 Å². The molecule has 0 aliphatic rings. The quantitative estimate of drug-likeness (QED) is 0.542. The Balaban J connectivity index is 3.97. The normalized spacial score (nSPS) is 13.2. The van der Waals surface area contributed by atoms with Gasteiger partial charge in [0.15, 0.2) is 0 Å². The second kappa shape index (κ2) is 7.06. The Morgan fingerprint density at radius 1 is 1.47 bits per heavy atom. The lowest BCUT2D eigenvalue weighted by molar-refractivity contribution is -0.0122. The van der Waals surface area contributed by atoms with Gasteiger partial charge in [-0.3, -0.25) is 0 Å². The summed E-state index contributed by atoms with van der Waals surface area (Å²) in [6.45, 7) is 5.93. The highest BCUT2D eigenvalue weighted by molar-refractivity contribution is 5.64. The zero-order valence-corrected chi connectivity index (χ0v) is 9.49. The minimum atomic E-state index is -1.24. The minimum Gasteiger partial charge on any atom is -0.416 e. The van der Waals surface area contributed by atoms with Gasteiger partial charge in [-0.2, -0.15) is 0 Å². The van der Waals surface area contributed by atoms with Crippen molar-refractivity contribution >= 4 is 6.09 Å². The molecule has 86 valence electrons. The number of allylic oxidation sites excluding steroid dienone is 3. The van der Waals surface area contributed by atoms with Gasteiger partial charge in [-0.05, 0) is 39.7 Å². The van der Waals surface area contributed by atoms with Crippen molar-refractivity contribution in [1.29, 1.82) is 0 Å². The molecule has 15 heavy (non-hydrogen) atoms. The molecule has 1 unspecified atom stereocenters. The molecule has 1 atom stereocenters. The van der Waals surface area contributed by atoms with Crippen LogP contribution in [0.2, 0.25) is 0 Å². The number of carbonyl (C=O) groups is 1. The van der Waals surface area contributed by atoms with Crippen LogP contribution in [0.15, 0.2) is 23.3 Å². The van der Waals surface area contributed by atoms with Crippen molar-refractivity contribution in [2.45, 2.75) is 39.9 Å². The SMILES string of the molecule is CC(C)=CCC/C(C)=C/C(O)OC(N)=O. The standard InChI is InChI=1S/C11H19NO3/c1-8(2)5-4-6-9(3)7-10(13)15-11(12)14/h5,7,10,13H,4,6H2,1-3H3,(H2,12,14)/b9-7+. The summed E-state index contributed by atoms with van der Waals surface area (Å²) in [7, 11) is 0. The molecule has 0 fully saturated rings. The molecule has 0 aromatic rings. The van der Waals surface area contributed by atoms with E-state index in [1.54, 1.807) is 0 Å². The minimum absolute atomic E-state index is 0.824. The Morgan fingerprint density at radius 2 is 2.07 bits per heavy atom. The second-order valence-electron chi connectivity index (χ2n) is 3.66. The van der Waals surface area contributed by atoms with Crippen LogP contribution in [0.3, 0.4) is 0 Å². The summed E-state index contributed by atoms with van der Waals surface area (Å²) in [5.74, 6) is 0. The van der Waals surface area contributed by atoms with E-state index in [9.17, 15) is 9.90 Å². The third kappa shape index (κ3) is 9.02. The van der Waals surface area contributed by atoms with E-state index in [0.717, 1.165) is 18.4 Å². The monoisotopic (exact) mass is 213 g/mol. The van der Waals surface area contributed by atoms with E-state index in [1.165, 1.54) is 11.6 Å². The Hall–Kier alpha value is -1.29. The maximum absolute atomic E-state index is 10.3. The molecule has 4 heteroatoms. The van der Waals surface area contributed by atoms with E-state index >= 15 is 0 Å². The van der Waals surface area contributed by atoms with Gasteiger partial charge in [-0.25, -0.2) is 4.79 Å². The summed E-state index contributed by atoms with van der Waals surface area (Å²) < 4.78 is 4.35. The second-order valence-corrected chi connectivity index (χ2v) is 3.66. The third-order valence-electron chi connectivity index (χ3n) is 1.76. The van der Waals surface area contributed by atoms with Gasteiger partial charge in [-0.1, -0.05) is 17.2 Å². The Bertz CT molecular complexity index is 265. The maximum atomic E-state index is 10.3. The average Bonchev–Trinajstić information content (AvgIpc) is 2.00. The maximum Gasteiger partial charge on any atom is 0.407 e. The van der Waals surface area contributed by atoms with Gasteiger partial charge in [0, 0.05) is 0 Å². The Kier molecular flexibility index (Phi) is 6.45. The number of ether oxygens (including phenoxy) is 1. The predicted molar refractivity (Wildman–Crippen MR) is 59.1 cm³/mol. The number of hydrogen-bond acceptors (Lipinski definition) is 3. The van der Waals surface area contributed by atoms with Crippen molar-refractivity contribution in [2.24, 2.45) is 5.73 Å². The molecule has 0 radical (unpaired) electrons. The van der Waals surface area contributed by atoms with Crippen molar-refractivity contribution in [3.05, 3.63) is 23.3 Å². The van der Waals surface area contributed by atoms with E-state index in [-0.39, 0.29) is 0 Å². The van der Waals surface area contributed by atoms with Crippen LogP contribution in [0.4, 0.5) is 4.79 Å². The fourth-order valence-electron chi connectivity index (χ4n) is 1.07. The van der Waals surface area contributed by atoms with Gasteiger partial charge >= 0.3 is 6.09 Å². The summed E-state index contributed by atoms with van der Waals surface area (Å²) in [4.78, 5) is 10.3. The molecule has 1 amide bonds. The third-order valence-corrected chi connectivity index (χ3v) is 1.76. The van der Waals surface area contributed by atoms with Crippen LogP contribution in [0.1, 0.15) is 33.6 Å². The number of aliphatic hydroxyl groups excluding tert-OH is 1. The summed E-state index contributed by atoms with van der Waals surface area (Å²) in [5, 5.41) is 9.18. The lowest BCUT2D eigenvalue weighted by Gasteiger charge is -2.06. The highest BCUT2D eigenvalue weighted by atomic mass is 16.6. The number of primary amides is 1. The van der Waals surface area contributed by atoms with Crippen LogP contribution in [0.25, 0.3) is 0 Å². The summed E-state index contributed by atoms with van der Waals surface area (Å²) in [6.07, 6.45) is 3.10. The van der Waals surface area contributed by atoms with Crippen molar-refractivity contribution in [1.82, 2.24) is 0 Å². The lowest BCUT2D eigenvalue weighted by atomic mass is 10.1. The molecule has 0 aromatic carbocycles. The first-order valence-electron chi connectivity index (χ1n) is 4.86. The van der Waals surface area contributed by atoms with Gasteiger partial charge in [0.05, 0.1) is 0 Å². The van der Waals surface area contributed by atoms with Crippen LogP contribution in [-0.2, 0) is 4.74 Å². The largest absolute Gasteiger partial charge is 0.416 e. The average molecular weight is 213 g/mol. The number of aliphatic hydroxyl groups is 1. The molecule has 4 nitrogen and oxygen atoms in total. The molecule has 0 aliphatic heterocycles. The van der Waals surface area contributed by atoms with Gasteiger partial charge in [-0.15, -0.1) is 0 Å². The first kappa shape index (κ1) is 13.7. The first-order valence-corrected chi connectivity index (χ1v) is 4.86. The van der Waals surface area contributed by atoms with Gasteiger partial charge < -0.3 is 15.6 Å². The zero-order valence-electron chi connectivity index (χ0n) is 9.49. The molecule has 0 spiro atoms. The first-order chi connectivity index (χ1) is 6.91. The summed E-state index contributed by atoms with van der Waals surface area (Å²) in [5.41, 5.74) is 6.97. The van der Waals surface area contributed by atoms with Gasteiger partial charge in [0.1, 0.15) is 0 Å². The topological polar surface area (TPSA) is 72.6 Å². The lowest BCUT2D eigenvalue weighted by Crippen LogP contribution is -2.20. The van der Waals surface area contributed by atoms with Crippen molar-refractivity contribution < 1.29 is 14.6 Å². The van der Waals surface area contributed by atoms with Crippen molar-refractivity contribution in [3.8, 4) is 0 Å². The highest BCUT2D eigenvalue weighted by Gasteiger charge is 2.03. The number of carbonyl (C=O) groups excluding carboxylic acids is 1. The van der Waals surface area contributed by atoms with Crippen LogP contribution in [0.5, 0.6) is 0 Å².